The zero-order chi connectivity index (χ0) is 46.0. The molecule has 0 aromatic heterocycles. The first-order valence-corrected chi connectivity index (χ1v) is 21.6. The summed E-state index contributed by atoms with van der Waals surface area (Å²) < 4.78 is 12.7. The van der Waals surface area contributed by atoms with Crippen LogP contribution in [0.3, 0.4) is 0 Å². The third-order valence-electron chi connectivity index (χ3n) is 12.2. The normalized spacial score (nSPS) is 18.4. The number of aromatic hydroxyl groups is 7. The number of rotatable bonds is 17. The van der Waals surface area contributed by atoms with Crippen LogP contribution < -0.4 is 4.74 Å². The number of allylic oxidation sites excluding steroid dienone is 2. The lowest BCUT2D eigenvalue weighted by Crippen LogP contribution is -2.40. The molecule has 336 valence electrons. The molecule has 0 radical (unpaired) electrons. The highest BCUT2D eigenvalue weighted by atomic mass is 16.5. The summed E-state index contributed by atoms with van der Waals surface area (Å²) in [5.74, 6) is -2.76. The van der Waals surface area contributed by atoms with Crippen LogP contribution in [0.25, 0.3) is 12.2 Å². The van der Waals surface area contributed by atoms with Crippen molar-refractivity contribution in [3.8, 4) is 46.0 Å². The minimum Gasteiger partial charge on any atom is -0.508 e. The summed E-state index contributed by atoms with van der Waals surface area (Å²) in [6.45, 7) is 0. The van der Waals surface area contributed by atoms with Gasteiger partial charge in [-0.1, -0.05) is 78.9 Å². The topological polar surface area (TPSA) is 197 Å². The number of ether oxygens (including phenoxy) is 2. The number of carbonyl (C=O) groups is 1. The number of phenolic OH excluding ortho intramolecular Hbond substituents is 7. The van der Waals surface area contributed by atoms with E-state index in [1.54, 1.807) is 91.0 Å². The highest BCUT2D eigenvalue weighted by Crippen LogP contribution is 2.56. The molecule has 1 aliphatic heterocycles. The van der Waals surface area contributed by atoms with Gasteiger partial charge in [0, 0.05) is 17.5 Å². The van der Waals surface area contributed by atoms with Gasteiger partial charge in [0.05, 0.1) is 25.4 Å². The molecule has 0 unspecified atom stereocenters. The Balaban J connectivity index is 1.37. The Morgan fingerprint density at radius 1 is 0.692 bits per heavy atom. The van der Waals surface area contributed by atoms with Crippen LogP contribution >= 0.6 is 0 Å². The van der Waals surface area contributed by atoms with Crippen molar-refractivity contribution in [1.29, 1.82) is 0 Å². The quantitative estimate of drug-likeness (QED) is 0.0321. The second-order valence-corrected chi connectivity index (χ2v) is 16.6. The molecule has 1 saturated heterocycles. The molecule has 11 nitrogen and oxygen atoms in total. The van der Waals surface area contributed by atoms with Gasteiger partial charge in [-0.15, -0.1) is 0 Å². The molecular weight excluding hydrogens is 825 g/mol. The third kappa shape index (κ3) is 11.7. The van der Waals surface area contributed by atoms with Crippen LogP contribution in [0.1, 0.15) is 81.4 Å². The summed E-state index contributed by atoms with van der Waals surface area (Å²) in [6.07, 6.45) is 7.09. The number of ketones is 1. The minimum absolute atomic E-state index is 0.0416. The summed E-state index contributed by atoms with van der Waals surface area (Å²) in [6, 6.07) is 34.7. The number of hydrogen-bond acceptors (Lipinski definition) is 11. The van der Waals surface area contributed by atoms with E-state index in [4.69, 9.17) is 9.47 Å². The van der Waals surface area contributed by atoms with Gasteiger partial charge in [-0.05, 0) is 145 Å². The molecule has 8 N–H and O–H groups in total. The van der Waals surface area contributed by atoms with E-state index in [0.29, 0.717) is 36.8 Å². The van der Waals surface area contributed by atoms with Crippen LogP contribution in [0.5, 0.6) is 46.0 Å². The van der Waals surface area contributed by atoms with E-state index in [-0.39, 0.29) is 64.2 Å². The molecule has 0 aliphatic carbocycles. The van der Waals surface area contributed by atoms with Gasteiger partial charge in [-0.25, -0.2) is 0 Å². The first kappa shape index (κ1) is 45.8. The van der Waals surface area contributed by atoms with Crippen molar-refractivity contribution >= 4 is 17.9 Å². The zero-order valence-electron chi connectivity index (χ0n) is 35.9. The van der Waals surface area contributed by atoms with Crippen molar-refractivity contribution in [1.82, 2.24) is 0 Å². The lowest BCUT2D eigenvalue weighted by molar-refractivity contribution is -0.113. The first-order valence-electron chi connectivity index (χ1n) is 21.6. The van der Waals surface area contributed by atoms with Gasteiger partial charge in [0.15, 0.2) is 5.78 Å². The predicted molar refractivity (Wildman–Crippen MR) is 248 cm³/mol. The fourth-order valence-corrected chi connectivity index (χ4v) is 8.84. The number of aliphatic hydroxyl groups is 1. The van der Waals surface area contributed by atoms with E-state index in [2.05, 4.69) is 0 Å². The Morgan fingerprint density at radius 3 is 1.75 bits per heavy atom. The fraction of sp³-hybridized carbons (Fsp3) is 0.241. The average Bonchev–Trinajstić information content (AvgIpc) is 3.30. The Hall–Kier alpha value is -7.21. The molecule has 0 bridgehead atoms. The Bertz CT molecular complexity index is 2570. The second kappa shape index (κ2) is 21.0. The molecule has 0 spiro atoms. The zero-order valence-corrected chi connectivity index (χ0v) is 35.9. The minimum atomic E-state index is -0.855. The van der Waals surface area contributed by atoms with Crippen molar-refractivity contribution in [2.24, 2.45) is 11.8 Å². The van der Waals surface area contributed by atoms with Crippen molar-refractivity contribution in [2.75, 3.05) is 7.11 Å². The molecule has 1 heterocycles. The number of hydrogen-bond donors (Lipinski definition) is 8. The van der Waals surface area contributed by atoms with Gasteiger partial charge in [0.2, 0.25) is 0 Å². The van der Waals surface area contributed by atoms with Crippen molar-refractivity contribution in [3.05, 3.63) is 178 Å². The molecule has 6 aromatic rings. The van der Waals surface area contributed by atoms with E-state index >= 15 is 0 Å². The molecule has 0 saturated carbocycles. The van der Waals surface area contributed by atoms with Crippen LogP contribution in [-0.2, 0) is 17.6 Å². The highest BCUT2D eigenvalue weighted by molar-refractivity contribution is 6.11. The van der Waals surface area contributed by atoms with E-state index in [9.17, 15) is 45.6 Å². The number of phenols is 7. The number of aryl methyl sites for hydroxylation is 2. The third-order valence-corrected chi connectivity index (χ3v) is 12.2. The lowest BCUT2D eigenvalue weighted by atomic mass is 9.66. The largest absolute Gasteiger partial charge is 0.508 e. The average molecular weight is 879 g/mol. The summed E-state index contributed by atoms with van der Waals surface area (Å²) in [7, 11) is 1.34. The van der Waals surface area contributed by atoms with Crippen LogP contribution in [0.4, 0.5) is 0 Å². The number of methoxy groups -OCH3 is 1. The smallest absolute Gasteiger partial charge is 0.193 e. The number of aliphatic hydroxyl groups excluding tert-OH is 1. The van der Waals surface area contributed by atoms with Crippen LogP contribution in [-0.4, -0.2) is 66.0 Å². The Labute approximate surface area is 378 Å². The van der Waals surface area contributed by atoms with Crippen LogP contribution in [0.15, 0.2) is 140 Å². The first-order chi connectivity index (χ1) is 31.3. The van der Waals surface area contributed by atoms with Crippen molar-refractivity contribution < 1.29 is 55.1 Å². The van der Waals surface area contributed by atoms with E-state index in [0.717, 1.165) is 16.7 Å². The monoisotopic (exact) mass is 878 g/mol. The number of carbonyl (C=O) groups excluding carboxylic acids is 1. The van der Waals surface area contributed by atoms with Crippen LogP contribution in [0.2, 0.25) is 0 Å². The van der Waals surface area contributed by atoms with Crippen molar-refractivity contribution in [3.63, 3.8) is 0 Å². The molecule has 6 aromatic carbocycles. The number of benzene rings is 6. The SMILES string of the molecule is COc1cc(O)c([C@@H]2C[C@H](CCc3ccc(O)cc3)O[C@H](c3ccc(O)cc3)[C@H]2[C@@H](/C=C/c2ccc(O)cc2)C[C@@H](O)CCc2ccc(O)cc2)c(O)c1C(=O)/C=C/c1ccc(O)cc1. The van der Waals surface area contributed by atoms with Gasteiger partial charge in [-0.2, -0.15) is 0 Å². The lowest BCUT2D eigenvalue weighted by Gasteiger charge is -2.46. The van der Waals surface area contributed by atoms with Gasteiger partial charge in [-0.3, -0.25) is 4.79 Å². The van der Waals surface area contributed by atoms with E-state index in [1.807, 2.05) is 36.4 Å². The van der Waals surface area contributed by atoms with Crippen LogP contribution in [0, 0.1) is 11.8 Å². The van der Waals surface area contributed by atoms with Gasteiger partial charge < -0.3 is 50.3 Å². The summed E-state index contributed by atoms with van der Waals surface area (Å²) in [4.78, 5) is 14.1. The van der Waals surface area contributed by atoms with E-state index < -0.39 is 47.6 Å². The molecule has 65 heavy (non-hydrogen) atoms. The molecule has 6 atom stereocenters. The molecule has 0 amide bonds. The Kier molecular flexibility index (Phi) is 14.8. The molecular formula is C54H54O11. The van der Waals surface area contributed by atoms with Gasteiger partial charge in [0.1, 0.15) is 51.6 Å². The summed E-state index contributed by atoms with van der Waals surface area (Å²) >= 11 is 0. The summed E-state index contributed by atoms with van der Waals surface area (Å²) in [5.41, 5.74) is 3.94. The fourth-order valence-electron chi connectivity index (χ4n) is 8.84. The second-order valence-electron chi connectivity index (χ2n) is 16.6. The molecule has 7 rings (SSSR count). The maximum absolute atomic E-state index is 14.1. The molecule has 1 aliphatic rings. The van der Waals surface area contributed by atoms with Crippen molar-refractivity contribution in [2.45, 2.75) is 62.8 Å². The Morgan fingerprint density at radius 2 is 1.20 bits per heavy atom. The maximum Gasteiger partial charge on any atom is 0.193 e. The van der Waals surface area contributed by atoms with Gasteiger partial charge in [0.25, 0.3) is 0 Å². The maximum atomic E-state index is 14.1. The standard InChI is InChI=1S/C54H54O11/c1-64-49-32-48(62)51(53(63)52(49)47(61)29-13-36-9-23-42(58)24-10-36)46-31-45(28-12-35-7-21-41(57)22-8-35)65-54(37-15-26-43(59)27-16-37)50(46)38(14-2-33-3-17-39(55)18-4-33)30-44(60)25-11-34-5-19-40(56)20-6-34/h2-10,13-24,26-27,29,32,38,44-46,50,54-60,62-63H,11-12,25,28,30-31H2,1H3/b14-2+,29-13+/t38-,44-,45-,46+,50-,54+/m0/s1. The highest BCUT2D eigenvalue weighted by Gasteiger charge is 2.46. The van der Waals surface area contributed by atoms with Gasteiger partial charge >= 0.3 is 0 Å². The molecule has 11 heteroatoms. The van der Waals surface area contributed by atoms with E-state index in [1.165, 1.54) is 31.4 Å². The predicted octanol–water partition coefficient (Wildman–Crippen LogP) is 10.1. The molecule has 1 fully saturated rings. The summed E-state index contributed by atoms with van der Waals surface area (Å²) in [5, 5.41) is 86.5.